The van der Waals surface area contributed by atoms with Crippen LogP contribution < -0.4 is 4.57 Å². The first-order valence-electron chi connectivity index (χ1n) is 3.47. The van der Waals surface area contributed by atoms with Gasteiger partial charge in [-0.1, -0.05) is 18.2 Å². The molecule has 1 rings (SSSR count). The second-order valence-electron chi connectivity index (χ2n) is 2.57. The summed E-state index contributed by atoms with van der Waals surface area (Å²) in [7, 11) is 0. The molecule has 2 heteroatoms. The van der Waals surface area contributed by atoms with E-state index in [1.165, 1.54) is 5.56 Å². The third-order valence-electron chi connectivity index (χ3n) is 1.36. The number of allylic oxidation sites excluding steroid dienone is 1. The van der Waals surface area contributed by atoms with Crippen molar-refractivity contribution in [3.05, 3.63) is 41.7 Å². The van der Waals surface area contributed by atoms with Crippen LogP contribution >= 0.6 is 11.6 Å². The van der Waals surface area contributed by atoms with Gasteiger partial charge < -0.3 is 0 Å². The summed E-state index contributed by atoms with van der Waals surface area (Å²) in [6.07, 6.45) is 4.01. The number of aryl methyl sites for hydroxylation is 1. The molecule has 0 radical (unpaired) electrons. The molecular formula is C9H11ClN+. The summed E-state index contributed by atoms with van der Waals surface area (Å²) in [5, 5.41) is 0.653. The van der Waals surface area contributed by atoms with Gasteiger partial charge in [-0.25, -0.2) is 0 Å². The molecule has 0 aromatic carbocycles. The maximum absolute atomic E-state index is 5.65. The standard InChI is InChI=1S/C9H11ClN/c1-8-4-3-5-11(6-8)7-9(2)10/h3-6H,2,7H2,1H3/q+1. The lowest BCUT2D eigenvalue weighted by Gasteiger charge is -1.94. The fraction of sp³-hybridized carbons (Fsp3) is 0.222. The largest absolute Gasteiger partial charge is 0.200 e. The highest BCUT2D eigenvalue weighted by Crippen LogP contribution is 1.96. The summed E-state index contributed by atoms with van der Waals surface area (Å²) in [6.45, 7) is 6.36. The van der Waals surface area contributed by atoms with Crippen molar-refractivity contribution in [3.8, 4) is 0 Å². The van der Waals surface area contributed by atoms with E-state index in [0.717, 1.165) is 0 Å². The third-order valence-corrected chi connectivity index (χ3v) is 1.48. The number of halogens is 1. The molecule has 0 aliphatic carbocycles. The molecule has 1 aromatic rings. The van der Waals surface area contributed by atoms with E-state index >= 15 is 0 Å². The minimum atomic E-state index is 0.653. The molecule has 0 spiro atoms. The van der Waals surface area contributed by atoms with Crippen molar-refractivity contribution in [1.29, 1.82) is 0 Å². The van der Waals surface area contributed by atoms with E-state index in [2.05, 4.69) is 6.58 Å². The topological polar surface area (TPSA) is 3.88 Å². The molecule has 1 nitrogen and oxygen atoms in total. The smallest absolute Gasteiger partial charge is 0.183 e. The van der Waals surface area contributed by atoms with Crippen molar-refractivity contribution in [2.75, 3.05) is 0 Å². The lowest BCUT2D eigenvalue weighted by atomic mass is 10.3. The van der Waals surface area contributed by atoms with Crippen molar-refractivity contribution in [1.82, 2.24) is 0 Å². The Morgan fingerprint density at radius 1 is 1.73 bits per heavy atom. The lowest BCUT2D eigenvalue weighted by Crippen LogP contribution is -2.32. The normalized spacial score (nSPS) is 9.64. The molecule has 0 fully saturated rings. The average molecular weight is 169 g/mol. The summed E-state index contributed by atoms with van der Waals surface area (Å²) in [6, 6.07) is 4.04. The molecule has 0 saturated heterocycles. The SMILES string of the molecule is C=C(Cl)C[n+]1cccc(C)c1. The predicted molar refractivity (Wildman–Crippen MR) is 46.4 cm³/mol. The van der Waals surface area contributed by atoms with E-state index in [1.54, 1.807) is 0 Å². The van der Waals surface area contributed by atoms with Crippen LogP contribution in [0.25, 0.3) is 0 Å². The van der Waals surface area contributed by atoms with Crippen molar-refractivity contribution in [2.24, 2.45) is 0 Å². The number of pyridine rings is 1. The van der Waals surface area contributed by atoms with Crippen LogP contribution in [-0.4, -0.2) is 0 Å². The fourth-order valence-electron chi connectivity index (χ4n) is 0.949. The van der Waals surface area contributed by atoms with Gasteiger partial charge in [-0.3, -0.25) is 0 Å². The summed E-state index contributed by atoms with van der Waals surface area (Å²) in [5.74, 6) is 0. The second-order valence-corrected chi connectivity index (χ2v) is 3.11. The molecular weight excluding hydrogens is 158 g/mol. The number of aromatic nitrogens is 1. The van der Waals surface area contributed by atoms with Gasteiger partial charge in [-0.05, 0) is 13.0 Å². The Labute approximate surface area is 71.9 Å². The quantitative estimate of drug-likeness (QED) is 0.595. The predicted octanol–water partition coefficient (Wildman–Crippen LogP) is 2.04. The molecule has 1 aromatic heterocycles. The van der Waals surface area contributed by atoms with Crippen molar-refractivity contribution in [2.45, 2.75) is 13.5 Å². The van der Waals surface area contributed by atoms with Crippen LogP contribution in [-0.2, 0) is 6.54 Å². The first-order valence-corrected chi connectivity index (χ1v) is 3.85. The first-order chi connectivity index (χ1) is 5.18. The summed E-state index contributed by atoms with van der Waals surface area (Å²) in [4.78, 5) is 0. The van der Waals surface area contributed by atoms with Gasteiger partial charge in [0.15, 0.2) is 18.9 Å². The third kappa shape index (κ3) is 2.72. The average Bonchev–Trinajstić information content (AvgIpc) is 1.85. The first kappa shape index (κ1) is 8.28. The highest BCUT2D eigenvalue weighted by Gasteiger charge is 1.99. The molecule has 0 aliphatic rings. The van der Waals surface area contributed by atoms with Crippen molar-refractivity contribution >= 4 is 11.6 Å². The number of hydrogen-bond donors (Lipinski definition) is 0. The van der Waals surface area contributed by atoms with Crippen LogP contribution in [0.15, 0.2) is 36.1 Å². The van der Waals surface area contributed by atoms with Gasteiger partial charge in [0.25, 0.3) is 0 Å². The molecule has 0 amide bonds. The van der Waals surface area contributed by atoms with Gasteiger partial charge >= 0.3 is 0 Å². The van der Waals surface area contributed by atoms with Gasteiger partial charge in [0, 0.05) is 11.6 Å². The van der Waals surface area contributed by atoms with Gasteiger partial charge in [0.1, 0.15) is 0 Å². The maximum atomic E-state index is 5.65. The zero-order valence-electron chi connectivity index (χ0n) is 6.55. The molecule has 0 bridgehead atoms. The molecule has 11 heavy (non-hydrogen) atoms. The van der Waals surface area contributed by atoms with Crippen LogP contribution in [0.2, 0.25) is 0 Å². The minimum absolute atomic E-state index is 0.653. The van der Waals surface area contributed by atoms with Gasteiger partial charge in [-0.2, -0.15) is 4.57 Å². The van der Waals surface area contributed by atoms with E-state index in [1.807, 2.05) is 36.0 Å². The number of rotatable bonds is 2. The van der Waals surface area contributed by atoms with E-state index in [0.29, 0.717) is 11.6 Å². The molecule has 0 saturated carbocycles. The van der Waals surface area contributed by atoms with E-state index in [9.17, 15) is 0 Å². The van der Waals surface area contributed by atoms with Crippen LogP contribution in [0.3, 0.4) is 0 Å². The summed E-state index contributed by atoms with van der Waals surface area (Å²) >= 11 is 5.65. The van der Waals surface area contributed by atoms with Gasteiger partial charge in [-0.15, -0.1) is 0 Å². The number of nitrogens with zero attached hydrogens (tertiary/aromatic N) is 1. The fourth-order valence-corrected chi connectivity index (χ4v) is 1.09. The van der Waals surface area contributed by atoms with E-state index in [-0.39, 0.29) is 0 Å². The Balaban J connectivity index is 2.79. The van der Waals surface area contributed by atoms with Crippen molar-refractivity contribution in [3.63, 3.8) is 0 Å². The van der Waals surface area contributed by atoms with Crippen LogP contribution in [0, 0.1) is 6.92 Å². The maximum Gasteiger partial charge on any atom is 0.183 e. The molecule has 0 unspecified atom stereocenters. The minimum Gasteiger partial charge on any atom is -0.200 e. The Kier molecular flexibility index (Phi) is 2.66. The zero-order chi connectivity index (χ0) is 8.27. The Bertz CT molecular complexity index is 268. The molecule has 0 aliphatic heterocycles. The molecule has 0 atom stereocenters. The lowest BCUT2D eigenvalue weighted by molar-refractivity contribution is -0.688. The van der Waals surface area contributed by atoms with E-state index < -0.39 is 0 Å². The number of hydrogen-bond acceptors (Lipinski definition) is 0. The second kappa shape index (κ2) is 3.54. The highest BCUT2D eigenvalue weighted by molar-refractivity contribution is 6.29. The summed E-state index contributed by atoms with van der Waals surface area (Å²) in [5.41, 5.74) is 1.23. The van der Waals surface area contributed by atoms with Gasteiger partial charge in [0.2, 0.25) is 0 Å². The Morgan fingerprint density at radius 2 is 2.45 bits per heavy atom. The Morgan fingerprint density at radius 3 is 3.00 bits per heavy atom. The van der Waals surface area contributed by atoms with Crippen LogP contribution in [0.4, 0.5) is 0 Å². The Hall–Kier alpha value is -0.820. The molecule has 0 N–H and O–H groups in total. The molecule has 1 heterocycles. The van der Waals surface area contributed by atoms with Crippen molar-refractivity contribution < 1.29 is 4.57 Å². The van der Waals surface area contributed by atoms with Gasteiger partial charge in [0.05, 0.1) is 5.03 Å². The summed E-state index contributed by atoms with van der Waals surface area (Å²) < 4.78 is 2.00. The van der Waals surface area contributed by atoms with E-state index in [4.69, 9.17) is 11.6 Å². The molecule has 58 valence electrons. The zero-order valence-corrected chi connectivity index (χ0v) is 7.30. The van der Waals surface area contributed by atoms with Crippen LogP contribution in [0.5, 0.6) is 0 Å². The van der Waals surface area contributed by atoms with Crippen LogP contribution in [0.1, 0.15) is 5.56 Å². The monoisotopic (exact) mass is 168 g/mol. The highest BCUT2D eigenvalue weighted by atomic mass is 35.5.